The van der Waals surface area contributed by atoms with Crippen molar-refractivity contribution >= 4 is 29.1 Å². The number of benzene rings is 1. The number of halogens is 1. The summed E-state index contributed by atoms with van der Waals surface area (Å²) in [7, 11) is 0. The molecule has 11 heteroatoms. The van der Waals surface area contributed by atoms with Gasteiger partial charge in [-0.25, -0.2) is 9.18 Å². The predicted octanol–water partition coefficient (Wildman–Crippen LogP) is 1.50. The number of nitrogens with one attached hydrogen (secondary N) is 1. The van der Waals surface area contributed by atoms with E-state index in [4.69, 9.17) is 9.47 Å². The Balaban J connectivity index is 1.97. The molecule has 144 valence electrons. The van der Waals surface area contributed by atoms with Gasteiger partial charge in [0.15, 0.2) is 5.82 Å². The van der Waals surface area contributed by atoms with E-state index in [1.54, 1.807) is 4.90 Å². The average molecular weight is 380 g/mol. The maximum atomic E-state index is 14.5. The van der Waals surface area contributed by atoms with Crippen LogP contribution in [-0.4, -0.2) is 49.8 Å². The molecular weight excluding hydrogens is 363 g/mol. The van der Waals surface area contributed by atoms with Crippen LogP contribution in [0, 0.1) is 15.9 Å². The molecule has 2 aliphatic heterocycles. The van der Waals surface area contributed by atoms with Crippen molar-refractivity contribution in [2.45, 2.75) is 6.92 Å². The SMILES string of the molecule is CC(=O)N/C=C1/CN(c2cc(N3CCOCC3)c(F)cc2[N+](=O)[O-])C(=O)O1. The zero-order valence-corrected chi connectivity index (χ0v) is 14.4. The second-order valence-corrected chi connectivity index (χ2v) is 5.91. The summed E-state index contributed by atoms with van der Waals surface area (Å²) in [6.45, 7) is 2.81. The number of amides is 2. The molecular formula is C16H17FN4O6. The van der Waals surface area contributed by atoms with Crippen LogP contribution in [0.25, 0.3) is 0 Å². The summed E-state index contributed by atoms with van der Waals surface area (Å²) < 4.78 is 24.7. The van der Waals surface area contributed by atoms with Crippen LogP contribution in [0.1, 0.15) is 6.92 Å². The molecule has 2 saturated heterocycles. The van der Waals surface area contributed by atoms with E-state index in [1.807, 2.05) is 0 Å². The molecule has 2 heterocycles. The van der Waals surface area contributed by atoms with Crippen LogP contribution < -0.4 is 15.1 Å². The lowest BCUT2D eigenvalue weighted by atomic mass is 10.2. The first kappa shape index (κ1) is 18.6. The Morgan fingerprint density at radius 2 is 2.04 bits per heavy atom. The molecule has 0 spiro atoms. The van der Waals surface area contributed by atoms with Gasteiger partial charge >= 0.3 is 6.09 Å². The molecule has 0 aliphatic carbocycles. The summed E-state index contributed by atoms with van der Waals surface area (Å²) in [6, 6.07) is 2.06. The Kier molecular flexibility index (Phi) is 5.21. The van der Waals surface area contributed by atoms with Crippen molar-refractivity contribution in [1.82, 2.24) is 5.32 Å². The van der Waals surface area contributed by atoms with E-state index in [-0.39, 0.29) is 29.6 Å². The number of cyclic esters (lactones) is 1. The fourth-order valence-electron chi connectivity index (χ4n) is 2.81. The van der Waals surface area contributed by atoms with Crippen molar-refractivity contribution in [3.8, 4) is 0 Å². The Hall–Kier alpha value is -3.21. The predicted molar refractivity (Wildman–Crippen MR) is 91.8 cm³/mol. The molecule has 0 bridgehead atoms. The Labute approximate surface area is 153 Å². The summed E-state index contributed by atoms with van der Waals surface area (Å²) in [6.07, 6.45) is 0.354. The van der Waals surface area contributed by atoms with Crippen molar-refractivity contribution in [2.24, 2.45) is 0 Å². The second kappa shape index (κ2) is 7.58. The average Bonchev–Trinajstić information content (AvgIpc) is 3.01. The highest BCUT2D eigenvalue weighted by Crippen LogP contribution is 2.37. The molecule has 0 saturated carbocycles. The number of nitro groups is 1. The van der Waals surface area contributed by atoms with E-state index in [0.717, 1.165) is 11.0 Å². The van der Waals surface area contributed by atoms with E-state index in [9.17, 15) is 24.1 Å². The third-order valence-corrected chi connectivity index (χ3v) is 4.07. The smallest absolute Gasteiger partial charge is 0.411 e. The van der Waals surface area contributed by atoms with E-state index >= 15 is 0 Å². The van der Waals surface area contributed by atoms with E-state index in [0.29, 0.717) is 26.3 Å². The first-order chi connectivity index (χ1) is 12.9. The van der Waals surface area contributed by atoms with Crippen LogP contribution in [0.15, 0.2) is 24.1 Å². The Bertz CT molecular complexity index is 821. The lowest BCUT2D eigenvalue weighted by Gasteiger charge is -2.29. The minimum atomic E-state index is -0.853. The van der Waals surface area contributed by atoms with Gasteiger partial charge in [-0.05, 0) is 6.07 Å². The van der Waals surface area contributed by atoms with Gasteiger partial charge < -0.3 is 19.7 Å². The number of nitrogens with zero attached hydrogens (tertiary/aromatic N) is 3. The lowest BCUT2D eigenvalue weighted by molar-refractivity contribution is -0.384. The molecule has 1 N–H and O–H groups in total. The highest BCUT2D eigenvalue weighted by Gasteiger charge is 2.35. The number of carbonyl (C=O) groups is 2. The van der Waals surface area contributed by atoms with Crippen molar-refractivity contribution in [3.05, 3.63) is 40.0 Å². The number of hydrogen-bond acceptors (Lipinski definition) is 7. The van der Waals surface area contributed by atoms with Gasteiger partial charge in [-0.3, -0.25) is 19.8 Å². The van der Waals surface area contributed by atoms with Crippen LogP contribution in [0.4, 0.5) is 26.2 Å². The number of hydrogen-bond donors (Lipinski definition) is 1. The number of rotatable bonds is 4. The first-order valence-corrected chi connectivity index (χ1v) is 8.13. The third-order valence-electron chi connectivity index (χ3n) is 4.07. The number of anilines is 2. The third kappa shape index (κ3) is 3.97. The zero-order valence-electron chi connectivity index (χ0n) is 14.4. The maximum absolute atomic E-state index is 14.5. The standard InChI is InChI=1S/C16H17FN4O6/c1-10(22)18-8-11-9-20(16(23)27-11)14-7-13(19-2-4-26-5-3-19)12(17)6-15(14)21(24)25/h6-8H,2-5,9H2,1H3,(H,18,22)/b11-8-. The molecule has 0 radical (unpaired) electrons. The van der Waals surface area contributed by atoms with Crippen molar-refractivity contribution in [1.29, 1.82) is 0 Å². The summed E-state index contributed by atoms with van der Waals surface area (Å²) in [5.74, 6) is -1.00. The molecule has 1 aromatic rings. The van der Waals surface area contributed by atoms with Gasteiger partial charge in [0, 0.05) is 26.2 Å². The molecule has 2 fully saturated rings. The van der Waals surface area contributed by atoms with Crippen molar-refractivity contribution in [2.75, 3.05) is 42.6 Å². The fourth-order valence-corrected chi connectivity index (χ4v) is 2.81. The lowest BCUT2D eigenvalue weighted by Crippen LogP contribution is -2.37. The van der Waals surface area contributed by atoms with Crippen LogP contribution in [0.2, 0.25) is 0 Å². The number of morpholine rings is 1. The fraction of sp³-hybridized carbons (Fsp3) is 0.375. The quantitative estimate of drug-likeness (QED) is 0.622. The topological polar surface area (TPSA) is 114 Å². The monoisotopic (exact) mass is 380 g/mol. The van der Waals surface area contributed by atoms with Crippen molar-refractivity contribution < 1.29 is 28.4 Å². The van der Waals surface area contributed by atoms with Crippen LogP contribution in [0.3, 0.4) is 0 Å². The number of nitro benzene ring substituents is 1. The molecule has 2 amide bonds. The van der Waals surface area contributed by atoms with Gasteiger partial charge in [-0.2, -0.15) is 0 Å². The summed E-state index contributed by atoms with van der Waals surface area (Å²) >= 11 is 0. The molecule has 0 atom stereocenters. The zero-order chi connectivity index (χ0) is 19.6. The summed E-state index contributed by atoms with van der Waals surface area (Å²) in [5, 5.41) is 13.7. The number of carbonyl (C=O) groups excluding carboxylic acids is 2. The van der Waals surface area contributed by atoms with Gasteiger partial charge in [-0.15, -0.1) is 0 Å². The van der Waals surface area contributed by atoms with Gasteiger partial charge in [0.25, 0.3) is 5.69 Å². The summed E-state index contributed by atoms with van der Waals surface area (Å²) in [4.78, 5) is 36.5. The molecule has 3 rings (SSSR count). The normalized spacial score (nSPS) is 18.6. The summed E-state index contributed by atoms with van der Waals surface area (Å²) in [5.41, 5.74) is -0.493. The van der Waals surface area contributed by atoms with Crippen LogP contribution >= 0.6 is 0 Å². The molecule has 10 nitrogen and oxygen atoms in total. The minimum absolute atomic E-state index is 0.0842. The Morgan fingerprint density at radius 1 is 1.33 bits per heavy atom. The van der Waals surface area contributed by atoms with Gasteiger partial charge in [0.2, 0.25) is 5.91 Å². The van der Waals surface area contributed by atoms with E-state index in [1.165, 1.54) is 19.2 Å². The second-order valence-electron chi connectivity index (χ2n) is 5.91. The van der Waals surface area contributed by atoms with Crippen LogP contribution in [-0.2, 0) is 14.3 Å². The maximum Gasteiger partial charge on any atom is 0.420 e. The molecule has 0 unspecified atom stereocenters. The van der Waals surface area contributed by atoms with Gasteiger partial charge in [-0.1, -0.05) is 0 Å². The first-order valence-electron chi connectivity index (χ1n) is 8.13. The van der Waals surface area contributed by atoms with Crippen LogP contribution in [0.5, 0.6) is 0 Å². The van der Waals surface area contributed by atoms with Gasteiger partial charge in [0.05, 0.1) is 36.4 Å². The minimum Gasteiger partial charge on any atom is -0.411 e. The molecule has 2 aliphatic rings. The van der Waals surface area contributed by atoms with Gasteiger partial charge in [0.1, 0.15) is 11.4 Å². The largest absolute Gasteiger partial charge is 0.420 e. The molecule has 0 aromatic heterocycles. The molecule has 1 aromatic carbocycles. The highest BCUT2D eigenvalue weighted by molar-refractivity contribution is 5.95. The molecule has 27 heavy (non-hydrogen) atoms. The highest BCUT2D eigenvalue weighted by atomic mass is 19.1. The number of ether oxygens (including phenoxy) is 2. The van der Waals surface area contributed by atoms with E-state index < -0.39 is 22.5 Å². The van der Waals surface area contributed by atoms with Crippen molar-refractivity contribution in [3.63, 3.8) is 0 Å². The van der Waals surface area contributed by atoms with E-state index in [2.05, 4.69) is 5.32 Å². The Morgan fingerprint density at radius 3 is 2.67 bits per heavy atom.